The smallest absolute Gasteiger partial charge is 0.147 e. The van der Waals surface area contributed by atoms with Crippen LogP contribution in [-0.2, 0) is 0 Å². The quantitative estimate of drug-likeness (QED) is 0.629. The maximum atomic E-state index is 6.00. The molecular weight excluding hydrogens is 295 g/mol. The molecule has 0 fully saturated rings. The van der Waals surface area contributed by atoms with Gasteiger partial charge in [-0.05, 0) is 18.2 Å². The van der Waals surface area contributed by atoms with Crippen LogP contribution in [0.15, 0.2) is 30.3 Å². The number of anilines is 2. The highest BCUT2D eigenvalue weighted by atomic mass is 35.5. The van der Waals surface area contributed by atoms with E-state index in [2.05, 4.69) is 0 Å². The molecule has 0 heterocycles. The van der Waals surface area contributed by atoms with Crippen LogP contribution < -0.4 is 16.2 Å². The molecule has 3 nitrogen and oxygen atoms in total. The van der Waals surface area contributed by atoms with E-state index in [1.165, 1.54) is 6.07 Å². The number of rotatable bonds is 2. The molecule has 6 heteroatoms. The van der Waals surface area contributed by atoms with E-state index >= 15 is 0 Å². The third-order valence-corrected chi connectivity index (χ3v) is 3.28. The highest BCUT2D eigenvalue weighted by Crippen LogP contribution is 2.37. The molecule has 0 aliphatic heterocycles. The van der Waals surface area contributed by atoms with Crippen LogP contribution in [0.3, 0.4) is 0 Å². The van der Waals surface area contributed by atoms with Crippen molar-refractivity contribution in [1.82, 2.24) is 0 Å². The summed E-state index contributed by atoms with van der Waals surface area (Å²) in [5.41, 5.74) is 12.2. The van der Waals surface area contributed by atoms with E-state index in [9.17, 15) is 0 Å². The van der Waals surface area contributed by atoms with E-state index in [-0.39, 0.29) is 0 Å². The summed E-state index contributed by atoms with van der Waals surface area (Å²) in [5, 5.41) is 1.09. The van der Waals surface area contributed by atoms with Gasteiger partial charge in [0.15, 0.2) is 0 Å². The Bertz CT molecular complexity index is 602. The van der Waals surface area contributed by atoms with Crippen LogP contribution in [0.4, 0.5) is 11.4 Å². The predicted molar refractivity (Wildman–Crippen MR) is 76.8 cm³/mol. The highest BCUT2D eigenvalue weighted by molar-refractivity contribution is 6.43. The first-order valence-electron chi connectivity index (χ1n) is 4.95. The van der Waals surface area contributed by atoms with Crippen molar-refractivity contribution in [2.45, 2.75) is 0 Å². The van der Waals surface area contributed by atoms with E-state index in [0.29, 0.717) is 37.9 Å². The second-order valence-corrected chi connectivity index (χ2v) is 4.81. The fourth-order valence-electron chi connectivity index (χ4n) is 1.33. The number of ether oxygens (including phenoxy) is 1. The van der Waals surface area contributed by atoms with Crippen LogP contribution in [-0.4, -0.2) is 0 Å². The van der Waals surface area contributed by atoms with Crippen molar-refractivity contribution >= 4 is 46.2 Å². The second-order valence-electron chi connectivity index (χ2n) is 3.59. The molecule has 0 bridgehead atoms. The summed E-state index contributed by atoms with van der Waals surface area (Å²) in [6.07, 6.45) is 0. The fraction of sp³-hybridized carbons (Fsp3) is 0. The van der Waals surface area contributed by atoms with E-state index in [1.54, 1.807) is 24.3 Å². The van der Waals surface area contributed by atoms with E-state index in [4.69, 9.17) is 51.0 Å². The van der Waals surface area contributed by atoms with Gasteiger partial charge in [-0.2, -0.15) is 0 Å². The Morgan fingerprint density at radius 1 is 0.778 bits per heavy atom. The number of nitrogens with two attached hydrogens (primary N) is 2. The molecule has 0 spiro atoms. The first-order valence-corrected chi connectivity index (χ1v) is 6.08. The average molecular weight is 304 g/mol. The SMILES string of the molecule is Nc1ccc(Oc2cc(Cl)c(Cl)cc2Cl)cc1N. The second kappa shape index (κ2) is 5.14. The molecule has 0 unspecified atom stereocenters. The average Bonchev–Trinajstić information content (AvgIpc) is 2.31. The molecule has 0 amide bonds. The van der Waals surface area contributed by atoms with Gasteiger partial charge < -0.3 is 16.2 Å². The summed E-state index contributed by atoms with van der Waals surface area (Å²) in [6, 6.07) is 8.00. The number of hydrogen-bond donors (Lipinski definition) is 2. The van der Waals surface area contributed by atoms with Crippen molar-refractivity contribution in [2.24, 2.45) is 0 Å². The van der Waals surface area contributed by atoms with Gasteiger partial charge >= 0.3 is 0 Å². The van der Waals surface area contributed by atoms with Gasteiger partial charge in [-0.1, -0.05) is 34.8 Å². The molecule has 18 heavy (non-hydrogen) atoms. The minimum absolute atomic E-state index is 0.361. The Balaban J connectivity index is 2.34. The Hall–Kier alpha value is -1.29. The number of benzene rings is 2. The largest absolute Gasteiger partial charge is 0.456 e. The van der Waals surface area contributed by atoms with Gasteiger partial charge in [-0.25, -0.2) is 0 Å². The summed E-state index contributed by atoms with van der Waals surface area (Å²) in [4.78, 5) is 0. The molecule has 2 aromatic rings. The topological polar surface area (TPSA) is 61.3 Å². The van der Waals surface area contributed by atoms with Crippen molar-refractivity contribution < 1.29 is 4.74 Å². The molecule has 4 N–H and O–H groups in total. The fourth-order valence-corrected chi connectivity index (χ4v) is 1.90. The molecule has 0 atom stereocenters. The molecule has 94 valence electrons. The molecule has 0 aromatic heterocycles. The first-order chi connectivity index (χ1) is 8.47. The molecule has 0 radical (unpaired) electrons. The highest BCUT2D eigenvalue weighted by Gasteiger charge is 2.08. The number of halogens is 3. The lowest BCUT2D eigenvalue weighted by Gasteiger charge is -2.10. The minimum atomic E-state index is 0.361. The molecule has 2 rings (SSSR count). The van der Waals surface area contributed by atoms with Crippen LogP contribution in [0, 0.1) is 0 Å². The zero-order chi connectivity index (χ0) is 13.3. The third kappa shape index (κ3) is 2.75. The summed E-state index contributed by atoms with van der Waals surface area (Å²) in [5.74, 6) is 0.914. The Labute approximate surface area is 119 Å². The Morgan fingerprint density at radius 3 is 2.11 bits per heavy atom. The van der Waals surface area contributed by atoms with Gasteiger partial charge in [0.1, 0.15) is 11.5 Å². The maximum absolute atomic E-state index is 6.00. The number of hydrogen-bond acceptors (Lipinski definition) is 3. The lowest BCUT2D eigenvalue weighted by molar-refractivity contribution is 0.483. The Kier molecular flexibility index (Phi) is 3.76. The van der Waals surface area contributed by atoms with Crippen molar-refractivity contribution in [3.8, 4) is 11.5 Å². The lowest BCUT2D eigenvalue weighted by atomic mass is 10.2. The molecule has 0 saturated heterocycles. The maximum Gasteiger partial charge on any atom is 0.147 e. The monoisotopic (exact) mass is 302 g/mol. The first kappa shape index (κ1) is 13.1. The summed E-state index contributed by atoms with van der Waals surface area (Å²) in [7, 11) is 0. The van der Waals surface area contributed by atoms with Crippen LogP contribution in [0.25, 0.3) is 0 Å². The van der Waals surface area contributed by atoms with Crippen molar-refractivity contribution in [3.05, 3.63) is 45.4 Å². The van der Waals surface area contributed by atoms with Crippen LogP contribution in [0.1, 0.15) is 0 Å². The lowest BCUT2D eigenvalue weighted by Crippen LogP contribution is -1.95. The summed E-state index contributed by atoms with van der Waals surface area (Å²) < 4.78 is 5.57. The summed E-state index contributed by atoms with van der Waals surface area (Å²) in [6.45, 7) is 0. The molecular formula is C12H9Cl3N2O. The van der Waals surface area contributed by atoms with Gasteiger partial charge in [-0.15, -0.1) is 0 Å². The van der Waals surface area contributed by atoms with Crippen LogP contribution in [0.5, 0.6) is 11.5 Å². The zero-order valence-electron chi connectivity index (χ0n) is 9.08. The molecule has 0 saturated carbocycles. The molecule has 0 aliphatic rings. The van der Waals surface area contributed by atoms with Crippen LogP contribution in [0.2, 0.25) is 15.1 Å². The van der Waals surface area contributed by atoms with Gasteiger partial charge in [0.05, 0.1) is 26.4 Å². The van der Waals surface area contributed by atoms with Crippen molar-refractivity contribution in [2.75, 3.05) is 11.5 Å². The van der Waals surface area contributed by atoms with Crippen molar-refractivity contribution in [3.63, 3.8) is 0 Å². The number of nitrogen functional groups attached to an aromatic ring is 2. The molecule has 2 aromatic carbocycles. The summed E-state index contributed by atoms with van der Waals surface area (Å²) >= 11 is 17.7. The van der Waals surface area contributed by atoms with E-state index < -0.39 is 0 Å². The normalized spacial score (nSPS) is 10.4. The van der Waals surface area contributed by atoms with Crippen LogP contribution >= 0.6 is 34.8 Å². The van der Waals surface area contributed by atoms with Gasteiger partial charge in [0.25, 0.3) is 0 Å². The Morgan fingerprint density at radius 2 is 1.44 bits per heavy atom. The predicted octanol–water partition coefficient (Wildman–Crippen LogP) is 4.60. The third-order valence-electron chi connectivity index (χ3n) is 2.26. The van der Waals surface area contributed by atoms with Crippen molar-refractivity contribution in [1.29, 1.82) is 0 Å². The van der Waals surface area contributed by atoms with Gasteiger partial charge in [0, 0.05) is 12.1 Å². The van der Waals surface area contributed by atoms with Gasteiger partial charge in [-0.3, -0.25) is 0 Å². The zero-order valence-corrected chi connectivity index (χ0v) is 11.4. The van der Waals surface area contributed by atoms with Gasteiger partial charge in [0.2, 0.25) is 0 Å². The van der Waals surface area contributed by atoms with E-state index in [0.717, 1.165) is 0 Å². The minimum Gasteiger partial charge on any atom is -0.456 e. The molecule has 0 aliphatic carbocycles. The standard InChI is InChI=1S/C12H9Cl3N2O/c13-7-4-9(15)12(5-8(7)14)18-6-1-2-10(16)11(17)3-6/h1-5H,16-17H2. The van der Waals surface area contributed by atoms with E-state index in [1.807, 2.05) is 0 Å².